The molecular formula is C22H17BrCo2O8. The van der Waals surface area contributed by atoms with E-state index in [0.29, 0.717) is 0 Å². The fraction of sp³-hybridized carbons (Fsp3) is 0.227. The first kappa shape index (κ1) is 52.7. The van der Waals surface area contributed by atoms with Gasteiger partial charge in [0.2, 0.25) is 0 Å². The van der Waals surface area contributed by atoms with E-state index in [1.165, 1.54) is 13.2 Å². The molecule has 0 bridgehead atoms. The van der Waals surface area contributed by atoms with Gasteiger partial charge in [0.05, 0.1) is 11.9 Å². The largest absolute Gasteiger partial charge is 0 e. The van der Waals surface area contributed by atoms with Crippen LogP contribution in [0.4, 0.5) is 0 Å². The summed E-state index contributed by atoms with van der Waals surface area (Å²) >= 11 is 3.54. The predicted molar refractivity (Wildman–Crippen MR) is 105 cm³/mol. The van der Waals surface area contributed by atoms with E-state index in [1.807, 2.05) is 36.4 Å². The smallest absolute Gasteiger partial charge is 0 e. The van der Waals surface area contributed by atoms with E-state index in [0.717, 1.165) is 24.8 Å². The number of carbonyl (C=O) groups is 1. The first-order valence-electron chi connectivity index (χ1n) is 7.40. The molecule has 0 aromatic heterocycles. The van der Waals surface area contributed by atoms with Gasteiger partial charge in [0.15, 0.2) is 0 Å². The summed E-state index contributed by atoms with van der Waals surface area (Å²) in [5.74, 6) is 5.98. The topological polar surface area (TPSA) is 146 Å². The molecule has 0 fully saturated rings. The average molecular weight is 607 g/mol. The van der Waals surface area contributed by atoms with Crippen LogP contribution in [-0.4, -0.2) is 17.9 Å². The first-order chi connectivity index (χ1) is 15.2. The maximum absolute atomic E-state index is 10.8. The van der Waals surface area contributed by atoms with Crippen molar-refractivity contribution in [2.45, 2.75) is 24.1 Å². The number of unbranched alkanes of at least 4 members (excludes halogenated alkanes) is 1. The van der Waals surface area contributed by atoms with Crippen LogP contribution in [-0.2, 0) is 71.0 Å². The Bertz CT molecular complexity index is 681. The van der Waals surface area contributed by atoms with Gasteiger partial charge in [-0.2, -0.15) is 0 Å². The van der Waals surface area contributed by atoms with Crippen molar-refractivity contribution >= 4 is 21.9 Å². The number of benzene rings is 1. The van der Waals surface area contributed by atoms with Gasteiger partial charge < -0.3 is 4.74 Å². The molecule has 0 amide bonds. The molecule has 1 atom stereocenters. The molecule has 0 aliphatic rings. The van der Waals surface area contributed by atoms with Crippen molar-refractivity contribution < 1.29 is 71.0 Å². The Morgan fingerprint density at radius 1 is 0.939 bits per heavy atom. The molecule has 0 aliphatic carbocycles. The van der Waals surface area contributed by atoms with Crippen LogP contribution in [0.1, 0.15) is 24.8 Å². The van der Waals surface area contributed by atoms with Crippen LogP contribution >= 0.6 is 15.9 Å². The molecule has 0 saturated carbocycles. The monoisotopic (exact) mass is 606 g/mol. The second kappa shape index (κ2) is 63.1. The summed E-state index contributed by atoms with van der Waals surface area (Å²) in [7, 11) is 1.38. The van der Waals surface area contributed by atoms with Gasteiger partial charge in [-0.15, -0.1) is 0 Å². The summed E-state index contributed by atoms with van der Waals surface area (Å²) in [6, 6.07) is 9.91. The maximum Gasteiger partial charge on any atom is 0 e. The summed E-state index contributed by atoms with van der Waals surface area (Å²) < 4.78 is 49.5. The van der Waals surface area contributed by atoms with Crippen molar-refractivity contribution in [3.63, 3.8) is 0 Å². The van der Waals surface area contributed by atoms with Gasteiger partial charge in [0.1, 0.15) is 0 Å². The maximum atomic E-state index is 10.8. The van der Waals surface area contributed by atoms with Crippen molar-refractivity contribution in [3.8, 4) is 11.8 Å². The van der Waals surface area contributed by atoms with Crippen molar-refractivity contribution in [2.75, 3.05) is 7.11 Å². The minimum absolute atomic E-state index is 0. The zero-order valence-electron chi connectivity index (χ0n) is 17.1. The third-order valence-corrected chi connectivity index (χ3v) is 3.12. The van der Waals surface area contributed by atoms with Gasteiger partial charge in [0.25, 0.3) is 0 Å². The molecule has 1 aromatic rings. The minimum atomic E-state index is -0.306. The quantitative estimate of drug-likeness (QED) is 0.0961. The Morgan fingerprint density at radius 3 is 1.76 bits per heavy atom. The standard InChI is InChI=1S/C16H17BrO2.6CO.2Co/c1-19-16(18)11-7-3-6-10-15(17)13-12-14-8-4-2-5-9-14;6*1-2;;/h2,4-5,7-9,11,15H,3,6,10H2,1H3;;;;;;;;/b11-7+;;;;;;;;. The molecule has 0 spiro atoms. The number of halogens is 1. The van der Waals surface area contributed by atoms with Crippen LogP contribution in [0.15, 0.2) is 42.5 Å². The Kier molecular flexibility index (Phi) is 101. The number of allylic oxidation sites excluding steroid dienone is 1. The fourth-order valence-electron chi connectivity index (χ4n) is 1.42. The first-order valence-corrected chi connectivity index (χ1v) is 8.31. The Labute approximate surface area is 223 Å². The number of hydrogen-bond acceptors (Lipinski definition) is 2. The molecule has 2 radical (unpaired) electrons. The van der Waals surface area contributed by atoms with E-state index in [9.17, 15) is 4.79 Å². The van der Waals surface area contributed by atoms with E-state index in [2.05, 4.69) is 72.4 Å². The average Bonchev–Trinajstić information content (AvgIpc) is 2.90. The van der Waals surface area contributed by atoms with Crippen molar-refractivity contribution in [3.05, 3.63) is 87.9 Å². The number of ether oxygens (including phenoxy) is 1. The van der Waals surface area contributed by atoms with E-state index in [1.54, 1.807) is 0 Å². The molecule has 11 heteroatoms. The normalized spacial score (nSPS) is 7.09. The van der Waals surface area contributed by atoms with Gasteiger partial charge >= 0.3 is 73.8 Å². The van der Waals surface area contributed by atoms with Crippen molar-refractivity contribution in [1.29, 1.82) is 0 Å². The van der Waals surface area contributed by atoms with Crippen molar-refractivity contribution in [1.82, 2.24) is 0 Å². The molecular weight excluding hydrogens is 590 g/mol. The summed E-state index contributed by atoms with van der Waals surface area (Å²) in [6.07, 6.45) is 6.07. The molecule has 0 aliphatic heterocycles. The van der Waals surface area contributed by atoms with Gasteiger partial charge in [-0.25, -0.2) is 4.79 Å². The van der Waals surface area contributed by atoms with Crippen LogP contribution < -0.4 is 0 Å². The predicted octanol–water partition coefficient (Wildman–Crippen LogP) is 3.47. The van der Waals surface area contributed by atoms with Gasteiger partial charge in [-0.05, 0) is 31.4 Å². The van der Waals surface area contributed by atoms with Crippen LogP contribution in [0.2, 0.25) is 0 Å². The molecule has 8 nitrogen and oxygen atoms in total. The second-order valence-electron chi connectivity index (χ2n) is 3.96. The number of alkyl halides is 1. The molecule has 0 heterocycles. The Balaban J connectivity index is -0.0000000646. The number of methoxy groups -OCH3 is 1. The number of rotatable bonds is 5. The van der Waals surface area contributed by atoms with Gasteiger partial charge in [-0.1, -0.05) is 52.0 Å². The van der Waals surface area contributed by atoms with Gasteiger partial charge in [0, 0.05) is 45.2 Å². The van der Waals surface area contributed by atoms with Crippen molar-refractivity contribution in [2.24, 2.45) is 0 Å². The Morgan fingerprint density at radius 2 is 1.36 bits per heavy atom. The van der Waals surface area contributed by atoms with Crippen LogP contribution in [0, 0.1) is 51.7 Å². The SMILES string of the molecule is COC(=O)/C=C/CCCC(Br)C#Cc1ccccc1.[C-]#[O+].[C-]#[O+].[C-]#[O+].[C-]#[O+].[C-]#[O+].[C-]#[O+].[Co].[Co]. The van der Waals surface area contributed by atoms with Crippen LogP contribution in [0.5, 0.6) is 0 Å². The van der Waals surface area contributed by atoms with E-state index >= 15 is 0 Å². The van der Waals surface area contributed by atoms with E-state index in [-0.39, 0.29) is 44.4 Å². The fourth-order valence-corrected chi connectivity index (χ4v) is 1.86. The van der Waals surface area contributed by atoms with Crippen LogP contribution in [0.3, 0.4) is 0 Å². The third kappa shape index (κ3) is 53.3. The zero-order valence-corrected chi connectivity index (χ0v) is 20.7. The summed E-state index contributed by atoms with van der Waals surface area (Å²) in [5.41, 5.74) is 1.03. The molecule has 33 heavy (non-hydrogen) atoms. The Hall–Kier alpha value is -2.08. The second-order valence-corrected chi connectivity index (χ2v) is 5.06. The summed E-state index contributed by atoms with van der Waals surface area (Å²) in [5, 5.41) is 0. The summed E-state index contributed by atoms with van der Waals surface area (Å²) in [6.45, 7) is 27.0. The third-order valence-electron chi connectivity index (χ3n) is 2.43. The molecule has 0 N–H and O–H groups in total. The van der Waals surface area contributed by atoms with E-state index < -0.39 is 0 Å². The molecule has 1 rings (SSSR count). The minimum Gasteiger partial charge on any atom is 0 e. The number of carbonyl (C=O) groups excluding carboxylic acids is 1. The molecule has 0 saturated heterocycles. The van der Waals surface area contributed by atoms with Gasteiger partial charge in [-0.3, -0.25) is 0 Å². The number of esters is 1. The summed E-state index contributed by atoms with van der Waals surface area (Å²) in [4.78, 5) is 11.0. The molecule has 1 aromatic carbocycles. The van der Waals surface area contributed by atoms with E-state index in [4.69, 9.17) is 27.9 Å². The number of hydrogen-bond donors (Lipinski definition) is 0. The molecule has 1 unspecified atom stereocenters. The zero-order chi connectivity index (χ0) is 25.9. The van der Waals surface area contributed by atoms with Crippen LogP contribution in [0.25, 0.3) is 0 Å². The molecule has 178 valence electrons.